The first-order valence-corrected chi connectivity index (χ1v) is 23.3. The van der Waals surface area contributed by atoms with E-state index in [9.17, 15) is 40.3 Å². The lowest BCUT2D eigenvalue weighted by Gasteiger charge is -2.18. The molecule has 4 N–H and O–H groups in total. The highest BCUT2D eigenvalue weighted by molar-refractivity contribution is 7.90. The van der Waals surface area contributed by atoms with Crippen LogP contribution in [0.25, 0.3) is 22.3 Å². The van der Waals surface area contributed by atoms with Crippen LogP contribution < -0.4 is 19.3 Å². The Balaban J connectivity index is 0.000000241. The summed E-state index contributed by atoms with van der Waals surface area (Å²) in [5, 5.41) is 14.9. The van der Waals surface area contributed by atoms with Crippen LogP contribution in [0.15, 0.2) is 119 Å². The molecule has 2 aromatic heterocycles. The Hall–Kier alpha value is -5.98. The van der Waals surface area contributed by atoms with Crippen molar-refractivity contribution in [2.45, 2.75) is 62.2 Å². The van der Waals surface area contributed by atoms with E-state index in [0.717, 1.165) is 0 Å². The van der Waals surface area contributed by atoms with Crippen molar-refractivity contribution < 1.29 is 49.8 Å². The van der Waals surface area contributed by atoms with Crippen LogP contribution in [0.4, 0.5) is 8.78 Å². The van der Waals surface area contributed by atoms with Crippen LogP contribution in [0.5, 0.6) is 11.8 Å². The maximum atomic E-state index is 14.4. The third-order valence-electron chi connectivity index (χ3n) is 9.43. The van der Waals surface area contributed by atoms with Crippen LogP contribution in [0.3, 0.4) is 0 Å². The van der Waals surface area contributed by atoms with Crippen molar-refractivity contribution in [1.29, 1.82) is 0 Å². The number of aromatic nitrogens is 2. The van der Waals surface area contributed by atoms with E-state index in [1.165, 1.54) is 93.2 Å². The number of rotatable bonds is 13. The van der Waals surface area contributed by atoms with Gasteiger partial charge in [0.05, 0.1) is 36.9 Å². The van der Waals surface area contributed by atoms with E-state index >= 15 is 0 Å². The minimum absolute atomic E-state index is 0.0209. The summed E-state index contributed by atoms with van der Waals surface area (Å²) in [5.74, 6) is -1.89. The average molecular weight is 972 g/mol. The van der Waals surface area contributed by atoms with Crippen molar-refractivity contribution in [3.63, 3.8) is 0 Å². The Kier molecular flexibility index (Phi) is 18.1. The lowest BCUT2D eigenvalue weighted by atomic mass is 9.88. The molecule has 0 saturated carbocycles. The lowest BCUT2D eigenvalue weighted by Crippen LogP contribution is -2.32. The first-order chi connectivity index (χ1) is 30.5. The minimum atomic E-state index is -4.09. The molecular weight excluding hydrogens is 926 g/mol. The molecule has 1 amide bonds. The molecule has 19 heteroatoms. The van der Waals surface area contributed by atoms with Crippen LogP contribution in [-0.4, -0.2) is 58.0 Å². The van der Waals surface area contributed by atoms with Crippen molar-refractivity contribution in [3.8, 4) is 34.0 Å². The number of methoxy groups -OCH3 is 2. The molecule has 0 aliphatic rings. The minimum Gasteiger partial charge on any atom is -0.481 e. The molecule has 0 radical (unpaired) electrons. The first-order valence-electron chi connectivity index (χ1n) is 19.5. The van der Waals surface area contributed by atoms with E-state index < -0.39 is 37.7 Å². The molecule has 13 nitrogen and oxygen atoms in total. The molecule has 0 aliphatic heterocycles. The van der Waals surface area contributed by atoms with Gasteiger partial charge in [-0.15, -0.1) is 0 Å². The van der Waals surface area contributed by atoms with E-state index in [-0.39, 0.29) is 40.3 Å². The van der Waals surface area contributed by atoms with Crippen LogP contribution in [0.2, 0.25) is 10.0 Å². The SMILES string of the molecule is COc1cc(-c2cc(F)cc(C(C)C)c2CC(=O)NS(=O)(=O)c2ccc(Cl)cc2)ccn1.COc1cc(-c2cc(F)cc(C(C)C)c2CC(=O)O)ccn1.NS(=O)(=O)c1ccc(Cl)cc1. The maximum Gasteiger partial charge on any atom is 0.307 e. The third-order valence-corrected chi connectivity index (χ3v) is 12.3. The zero-order chi connectivity index (χ0) is 48.2. The van der Waals surface area contributed by atoms with Gasteiger partial charge < -0.3 is 14.6 Å². The summed E-state index contributed by atoms with van der Waals surface area (Å²) in [6.45, 7) is 7.57. The number of amides is 1. The van der Waals surface area contributed by atoms with Gasteiger partial charge in [-0.1, -0.05) is 50.9 Å². The van der Waals surface area contributed by atoms with Gasteiger partial charge in [0.25, 0.3) is 10.0 Å². The van der Waals surface area contributed by atoms with Gasteiger partial charge in [-0.2, -0.15) is 0 Å². The second kappa shape index (κ2) is 22.8. The summed E-state index contributed by atoms with van der Waals surface area (Å²) in [5.41, 5.74) is 4.77. The van der Waals surface area contributed by atoms with E-state index in [0.29, 0.717) is 66.3 Å². The summed E-state index contributed by atoms with van der Waals surface area (Å²) >= 11 is 11.3. The molecule has 0 bridgehead atoms. The fraction of sp³-hybridized carbons (Fsp3) is 0.217. The van der Waals surface area contributed by atoms with Crippen LogP contribution in [0.1, 0.15) is 61.8 Å². The Morgan fingerprint density at radius 2 is 1.06 bits per heavy atom. The number of nitrogens with two attached hydrogens (primary N) is 1. The van der Waals surface area contributed by atoms with E-state index in [1.807, 2.05) is 27.7 Å². The Morgan fingerprint density at radius 1 is 0.662 bits per heavy atom. The van der Waals surface area contributed by atoms with Gasteiger partial charge >= 0.3 is 5.97 Å². The van der Waals surface area contributed by atoms with Gasteiger partial charge in [0.15, 0.2) is 0 Å². The second-order valence-corrected chi connectivity index (χ2v) is 18.9. The fourth-order valence-electron chi connectivity index (χ4n) is 6.43. The molecule has 2 heterocycles. The van der Waals surface area contributed by atoms with Gasteiger partial charge in [-0.3, -0.25) is 9.59 Å². The molecule has 0 saturated heterocycles. The number of aliphatic carboxylic acids is 1. The highest BCUT2D eigenvalue weighted by atomic mass is 35.5. The number of ether oxygens (including phenoxy) is 2. The molecular formula is C46H46Cl2F2N4O9S2. The van der Waals surface area contributed by atoms with Crippen molar-refractivity contribution in [2.75, 3.05) is 14.2 Å². The lowest BCUT2D eigenvalue weighted by molar-refractivity contribution is -0.136. The Morgan fingerprint density at radius 3 is 1.43 bits per heavy atom. The first kappa shape index (κ1) is 51.7. The predicted molar refractivity (Wildman–Crippen MR) is 245 cm³/mol. The number of carbonyl (C=O) groups excluding carboxylic acids is 1. The number of halogens is 4. The van der Waals surface area contributed by atoms with E-state index in [1.54, 1.807) is 30.5 Å². The van der Waals surface area contributed by atoms with E-state index in [2.05, 4.69) is 14.7 Å². The maximum absolute atomic E-state index is 14.4. The van der Waals surface area contributed by atoms with Gasteiger partial charge in [-0.05, 0) is 141 Å². The molecule has 344 valence electrons. The van der Waals surface area contributed by atoms with Crippen LogP contribution in [0, 0.1) is 11.6 Å². The van der Waals surface area contributed by atoms with Crippen LogP contribution in [-0.2, 0) is 42.5 Å². The summed E-state index contributed by atoms with van der Waals surface area (Å²) < 4.78 is 87.3. The zero-order valence-corrected chi connectivity index (χ0v) is 39.1. The van der Waals surface area contributed by atoms with Gasteiger partial charge in [-0.25, -0.2) is 45.4 Å². The highest BCUT2D eigenvalue weighted by Crippen LogP contribution is 2.35. The summed E-state index contributed by atoms with van der Waals surface area (Å²) in [6.07, 6.45) is 2.65. The topological polar surface area (TPSA) is 205 Å². The Labute approximate surface area is 386 Å². The highest BCUT2D eigenvalue weighted by Gasteiger charge is 2.23. The largest absolute Gasteiger partial charge is 0.481 e. The Bertz CT molecular complexity index is 2870. The average Bonchev–Trinajstić information content (AvgIpc) is 3.24. The monoisotopic (exact) mass is 970 g/mol. The van der Waals surface area contributed by atoms with Crippen molar-refractivity contribution >= 4 is 55.1 Å². The molecule has 0 atom stereocenters. The molecule has 0 unspecified atom stereocenters. The molecule has 0 aliphatic carbocycles. The fourth-order valence-corrected chi connectivity index (χ4v) is 8.18. The van der Waals surface area contributed by atoms with E-state index in [4.69, 9.17) is 37.8 Å². The standard InChI is InChI=1S/C23H22ClFN2O4S.C17H18FNO3.C6H6ClNO2S/c1-14(2)19-11-17(25)12-20(15-8-9-26-23(10-15)31-3)21(19)13-22(28)27-32(29,30)18-6-4-16(24)5-7-18;1-10(2)13-7-12(18)8-14(15(13)9-17(20)21)11-4-5-19-16(6-11)22-3;7-5-1-3-6(4-2-5)11(8,9)10/h4-12,14H,13H2,1-3H3,(H,27,28);4-8,10H,9H2,1-3H3,(H,20,21);1-4H,(H2,8,9,10). The number of nitrogens with zero attached hydrogens (tertiary/aromatic N) is 2. The van der Waals surface area contributed by atoms with Crippen molar-refractivity contribution in [3.05, 3.63) is 153 Å². The molecule has 6 rings (SSSR count). The second-order valence-electron chi connectivity index (χ2n) is 14.8. The zero-order valence-electron chi connectivity index (χ0n) is 36.0. The van der Waals surface area contributed by atoms with Gasteiger partial charge in [0.1, 0.15) is 11.6 Å². The smallest absolute Gasteiger partial charge is 0.307 e. The number of carbonyl (C=O) groups is 2. The number of nitrogens with one attached hydrogen (secondary N) is 1. The number of benzene rings is 4. The number of primary sulfonamides is 1. The van der Waals surface area contributed by atoms with Crippen molar-refractivity contribution in [1.82, 2.24) is 14.7 Å². The van der Waals surface area contributed by atoms with Crippen molar-refractivity contribution in [2.24, 2.45) is 5.14 Å². The summed E-state index contributed by atoms with van der Waals surface area (Å²) in [7, 11) is -4.71. The number of carboxylic acid groups (broad SMARTS) is 1. The number of pyridine rings is 2. The number of hydrogen-bond acceptors (Lipinski definition) is 10. The summed E-state index contributed by atoms with van der Waals surface area (Å²) in [4.78, 5) is 32.1. The molecule has 4 aromatic carbocycles. The number of hydrogen-bond donors (Lipinski definition) is 3. The van der Waals surface area contributed by atoms with Crippen LogP contribution >= 0.6 is 23.2 Å². The third kappa shape index (κ3) is 14.8. The molecule has 0 spiro atoms. The van der Waals surface area contributed by atoms with Gasteiger partial charge in [0.2, 0.25) is 27.7 Å². The quantitative estimate of drug-likeness (QED) is 0.0994. The predicted octanol–water partition coefficient (Wildman–Crippen LogP) is 9.35. The number of carboxylic acids is 1. The van der Waals surface area contributed by atoms with Gasteiger partial charge in [0, 0.05) is 34.6 Å². The number of sulfonamides is 2. The normalized spacial score (nSPS) is 11.2. The molecule has 6 aromatic rings. The summed E-state index contributed by atoms with van der Waals surface area (Å²) in [6, 6.07) is 23.3. The molecule has 0 fully saturated rings. The molecule has 65 heavy (non-hydrogen) atoms.